The van der Waals surface area contributed by atoms with Gasteiger partial charge in [-0.3, -0.25) is 9.52 Å². The molecule has 10 heteroatoms. The molecule has 1 amide bonds. The summed E-state index contributed by atoms with van der Waals surface area (Å²) in [7, 11) is -4.03. The predicted molar refractivity (Wildman–Crippen MR) is 147 cm³/mol. The lowest BCUT2D eigenvalue weighted by molar-refractivity contribution is 0.102. The molecule has 0 spiro atoms. The summed E-state index contributed by atoms with van der Waals surface area (Å²) in [6.45, 7) is 1.85. The minimum absolute atomic E-state index is 0.0156. The molecule has 4 aromatic rings. The van der Waals surface area contributed by atoms with Gasteiger partial charge < -0.3 is 10.1 Å². The van der Waals surface area contributed by atoms with Crippen molar-refractivity contribution in [2.45, 2.75) is 11.8 Å². The lowest BCUT2D eigenvalue weighted by Gasteiger charge is -2.15. The molecule has 0 atom stereocenters. The quantitative estimate of drug-likeness (QED) is 0.224. The van der Waals surface area contributed by atoms with Crippen LogP contribution in [-0.4, -0.2) is 14.3 Å². The summed E-state index contributed by atoms with van der Waals surface area (Å²) in [4.78, 5) is 13.1. The fourth-order valence-corrected chi connectivity index (χ4v) is 5.06. The van der Waals surface area contributed by atoms with Gasteiger partial charge in [-0.15, -0.1) is 0 Å². The molecule has 2 N–H and O–H groups in total. The predicted octanol–water partition coefficient (Wildman–Crippen LogP) is 7.91. The van der Waals surface area contributed by atoms with Gasteiger partial charge >= 0.3 is 0 Å². The molecule has 6 nitrogen and oxygen atoms in total. The number of para-hydroxylation sites is 1. The van der Waals surface area contributed by atoms with Gasteiger partial charge in [0.05, 0.1) is 21.2 Å². The monoisotopic (exact) mass is 604 g/mol. The minimum Gasteiger partial charge on any atom is -0.456 e. The highest BCUT2D eigenvalue weighted by molar-refractivity contribution is 9.10. The van der Waals surface area contributed by atoms with E-state index in [1.807, 2.05) is 13.0 Å². The second-order valence-corrected chi connectivity index (χ2v) is 11.0. The fraction of sp³-hybridized carbons (Fsp3) is 0.0385. The van der Waals surface area contributed by atoms with E-state index in [-0.39, 0.29) is 21.2 Å². The van der Waals surface area contributed by atoms with Gasteiger partial charge in [-0.25, -0.2) is 8.42 Å². The number of carbonyl (C=O) groups excluding carboxylic acids is 1. The van der Waals surface area contributed by atoms with E-state index in [4.69, 9.17) is 27.9 Å². The zero-order valence-corrected chi connectivity index (χ0v) is 22.7. The van der Waals surface area contributed by atoms with Crippen LogP contribution in [-0.2, 0) is 10.0 Å². The van der Waals surface area contributed by atoms with Gasteiger partial charge in [0.2, 0.25) is 0 Å². The summed E-state index contributed by atoms with van der Waals surface area (Å²) in [6, 6.07) is 22.5. The van der Waals surface area contributed by atoms with E-state index in [1.165, 1.54) is 42.5 Å². The molecule has 0 aromatic heterocycles. The fourth-order valence-electron chi connectivity index (χ4n) is 3.27. The number of carbonyl (C=O) groups is 1. The Labute approximate surface area is 227 Å². The number of nitrogens with one attached hydrogen (secondary N) is 2. The molecule has 36 heavy (non-hydrogen) atoms. The number of ether oxygens (including phenoxy) is 1. The van der Waals surface area contributed by atoms with Crippen molar-refractivity contribution < 1.29 is 17.9 Å². The molecule has 0 saturated carbocycles. The van der Waals surface area contributed by atoms with Gasteiger partial charge in [-0.05, 0) is 79.2 Å². The maximum atomic E-state index is 13.1. The smallest absolute Gasteiger partial charge is 0.261 e. The molecular formula is C26H19BrCl2N2O4S. The molecule has 0 aliphatic carbocycles. The zero-order valence-electron chi connectivity index (χ0n) is 18.8. The summed E-state index contributed by atoms with van der Waals surface area (Å²) in [5.41, 5.74) is 1.57. The highest BCUT2D eigenvalue weighted by Crippen LogP contribution is 2.31. The van der Waals surface area contributed by atoms with Crippen LogP contribution in [0.5, 0.6) is 11.5 Å². The normalized spacial score (nSPS) is 11.1. The molecule has 0 aliphatic heterocycles. The van der Waals surface area contributed by atoms with Crippen molar-refractivity contribution >= 4 is 66.4 Å². The first kappa shape index (κ1) is 26.0. The Hall–Kier alpha value is -3.04. The zero-order chi connectivity index (χ0) is 25.9. The van der Waals surface area contributed by atoms with Crippen molar-refractivity contribution in [1.82, 2.24) is 0 Å². The van der Waals surface area contributed by atoms with E-state index in [2.05, 4.69) is 26.0 Å². The second kappa shape index (κ2) is 10.9. The standard InChI is InChI=1S/C26H19BrCl2N2O4S/c1-16-21(27)5-4-7-23(16)30-26(32)20-15-17(28)9-14-24(20)31-36(33,34)19-12-10-18(11-13-19)35-25-8-3-2-6-22(25)29/h2-15,31H,1H3,(H,30,32). The molecule has 0 saturated heterocycles. The average molecular weight is 606 g/mol. The molecule has 4 rings (SSSR count). The number of benzene rings is 4. The second-order valence-electron chi connectivity index (χ2n) is 7.67. The molecule has 4 aromatic carbocycles. The Kier molecular flexibility index (Phi) is 7.90. The maximum Gasteiger partial charge on any atom is 0.261 e. The molecule has 184 valence electrons. The van der Waals surface area contributed by atoms with Crippen LogP contribution in [0.25, 0.3) is 0 Å². The number of anilines is 2. The molecule has 0 aliphatic rings. The Morgan fingerprint density at radius 2 is 1.61 bits per heavy atom. The van der Waals surface area contributed by atoms with Gasteiger partial charge in [-0.2, -0.15) is 0 Å². The Morgan fingerprint density at radius 3 is 2.33 bits per heavy atom. The third kappa shape index (κ3) is 6.02. The molecule has 0 unspecified atom stereocenters. The van der Waals surface area contributed by atoms with Crippen LogP contribution in [0.4, 0.5) is 11.4 Å². The topological polar surface area (TPSA) is 84.5 Å². The van der Waals surface area contributed by atoms with Gasteiger partial charge in [0.15, 0.2) is 0 Å². The van der Waals surface area contributed by atoms with Crippen molar-refractivity contribution in [2.24, 2.45) is 0 Å². The first-order valence-corrected chi connectivity index (χ1v) is 13.6. The van der Waals surface area contributed by atoms with E-state index in [9.17, 15) is 13.2 Å². The number of sulfonamides is 1. The Morgan fingerprint density at radius 1 is 0.889 bits per heavy atom. The first-order valence-electron chi connectivity index (χ1n) is 10.6. The van der Waals surface area contributed by atoms with Gasteiger partial charge in [0.25, 0.3) is 15.9 Å². The first-order chi connectivity index (χ1) is 17.1. The van der Waals surface area contributed by atoms with Gasteiger partial charge in [-0.1, -0.05) is 57.3 Å². The Balaban J connectivity index is 1.56. The van der Waals surface area contributed by atoms with E-state index in [0.29, 0.717) is 22.2 Å². The van der Waals surface area contributed by atoms with E-state index in [1.54, 1.807) is 36.4 Å². The van der Waals surface area contributed by atoms with Crippen molar-refractivity contribution in [1.29, 1.82) is 0 Å². The highest BCUT2D eigenvalue weighted by Gasteiger charge is 2.20. The summed E-state index contributed by atoms with van der Waals surface area (Å²) in [5, 5.41) is 3.53. The van der Waals surface area contributed by atoms with Crippen molar-refractivity contribution in [3.63, 3.8) is 0 Å². The molecule has 0 fully saturated rings. The number of halogens is 3. The van der Waals surface area contributed by atoms with Crippen LogP contribution in [0, 0.1) is 6.92 Å². The van der Waals surface area contributed by atoms with Crippen LogP contribution < -0.4 is 14.8 Å². The molecule has 0 radical (unpaired) electrons. The van der Waals surface area contributed by atoms with Gasteiger partial charge in [0.1, 0.15) is 11.5 Å². The van der Waals surface area contributed by atoms with E-state index < -0.39 is 15.9 Å². The van der Waals surface area contributed by atoms with Crippen LogP contribution in [0.15, 0.2) is 94.3 Å². The third-order valence-corrected chi connectivity index (χ3v) is 7.97. The SMILES string of the molecule is Cc1c(Br)cccc1NC(=O)c1cc(Cl)ccc1NS(=O)(=O)c1ccc(Oc2ccccc2Cl)cc1. The molecule has 0 heterocycles. The lowest BCUT2D eigenvalue weighted by atomic mass is 10.1. The summed E-state index contributed by atoms with van der Waals surface area (Å²) >= 11 is 15.7. The van der Waals surface area contributed by atoms with Crippen LogP contribution in [0.1, 0.15) is 15.9 Å². The van der Waals surface area contributed by atoms with E-state index >= 15 is 0 Å². The number of amides is 1. The molecular weight excluding hydrogens is 587 g/mol. The highest BCUT2D eigenvalue weighted by atomic mass is 79.9. The average Bonchev–Trinajstić information content (AvgIpc) is 2.85. The maximum absolute atomic E-state index is 13.1. The van der Waals surface area contributed by atoms with E-state index in [0.717, 1.165) is 10.0 Å². The molecule has 0 bridgehead atoms. The summed E-state index contributed by atoms with van der Waals surface area (Å²) in [5.74, 6) is 0.350. The summed E-state index contributed by atoms with van der Waals surface area (Å²) < 4.78 is 35.2. The van der Waals surface area contributed by atoms with Crippen molar-refractivity contribution in [2.75, 3.05) is 10.0 Å². The number of hydrogen-bond donors (Lipinski definition) is 2. The largest absolute Gasteiger partial charge is 0.456 e. The van der Waals surface area contributed by atoms with Crippen LogP contribution in [0.3, 0.4) is 0 Å². The van der Waals surface area contributed by atoms with Crippen molar-refractivity contribution in [3.8, 4) is 11.5 Å². The van der Waals surface area contributed by atoms with Crippen molar-refractivity contribution in [3.05, 3.63) is 111 Å². The van der Waals surface area contributed by atoms with Gasteiger partial charge in [0, 0.05) is 15.2 Å². The van der Waals surface area contributed by atoms with Crippen LogP contribution in [0.2, 0.25) is 10.0 Å². The van der Waals surface area contributed by atoms with Crippen LogP contribution >= 0.6 is 39.1 Å². The Bertz CT molecular complexity index is 1540. The lowest BCUT2D eigenvalue weighted by Crippen LogP contribution is -2.19. The summed E-state index contributed by atoms with van der Waals surface area (Å²) in [6.07, 6.45) is 0. The minimum atomic E-state index is -4.03. The number of rotatable bonds is 7. The number of hydrogen-bond acceptors (Lipinski definition) is 4. The third-order valence-electron chi connectivity index (χ3n) is 5.18.